The van der Waals surface area contributed by atoms with Crippen LogP contribution in [0.4, 0.5) is 0 Å². The normalized spacial score (nSPS) is 12.7. The molecule has 1 atom stereocenters. The molecular formula is C17H17BrN2O. The molecule has 2 aromatic heterocycles. The van der Waals surface area contributed by atoms with Crippen molar-refractivity contribution in [3.63, 3.8) is 0 Å². The monoisotopic (exact) mass is 344 g/mol. The number of halogens is 1. The van der Waals surface area contributed by atoms with Gasteiger partial charge >= 0.3 is 0 Å². The van der Waals surface area contributed by atoms with Crippen LogP contribution in [0.1, 0.15) is 30.7 Å². The van der Waals surface area contributed by atoms with Crippen LogP contribution >= 0.6 is 15.9 Å². The molecule has 1 unspecified atom stereocenters. The third-order valence-electron chi connectivity index (χ3n) is 3.50. The second-order valence-corrected chi connectivity index (χ2v) is 5.79. The van der Waals surface area contributed by atoms with Crippen molar-refractivity contribution in [2.24, 2.45) is 0 Å². The highest BCUT2D eigenvalue weighted by atomic mass is 79.9. The van der Waals surface area contributed by atoms with Crippen LogP contribution in [-0.2, 0) is 0 Å². The molecule has 0 spiro atoms. The summed E-state index contributed by atoms with van der Waals surface area (Å²) in [6.45, 7) is 3.08. The summed E-state index contributed by atoms with van der Waals surface area (Å²) in [6, 6.07) is 12.2. The average Bonchev–Trinajstić information content (AvgIpc) is 2.94. The van der Waals surface area contributed by atoms with E-state index in [-0.39, 0.29) is 6.04 Å². The fraction of sp³-hybridized carbons (Fsp3) is 0.235. The summed E-state index contributed by atoms with van der Waals surface area (Å²) < 4.78 is 6.68. The summed E-state index contributed by atoms with van der Waals surface area (Å²) in [5.41, 5.74) is 2.19. The summed E-state index contributed by atoms with van der Waals surface area (Å²) in [5.74, 6) is 0.903. The largest absolute Gasteiger partial charge is 0.466 e. The van der Waals surface area contributed by atoms with E-state index < -0.39 is 0 Å². The Labute approximate surface area is 132 Å². The smallest absolute Gasteiger partial charge is 0.139 e. The van der Waals surface area contributed by atoms with Crippen molar-refractivity contribution in [3.8, 4) is 0 Å². The summed E-state index contributed by atoms with van der Waals surface area (Å²) in [6.07, 6.45) is 4.60. The van der Waals surface area contributed by atoms with Crippen LogP contribution in [0.2, 0.25) is 0 Å². The Morgan fingerprint density at radius 1 is 1.24 bits per heavy atom. The molecule has 108 valence electrons. The Bertz CT molecular complexity index is 733. The van der Waals surface area contributed by atoms with Crippen LogP contribution in [0.15, 0.2) is 57.7 Å². The van der Waals surface area contributed by atoms with Gasteiger partial charge in [0, 0.05) is 11.6 Å². The first-order valence-corrected chi connectivity index (χ1v) is 7.90. The first-order valence-electron chi connectivity index (χ1n) is 7.11. The molecule has 0 saturated carbocycles. The minimum Gasteiger partial charge on any atom is -0.466 e. The molecule has 4 heteroatoms. The number of pyridine rings is 1. The molecule has 0 aliphatic carbocycles. The zero-order valence-electron chi connectivity index (χ0n) is 11.8. The highest BCUT2D eigenvalue weighted by molar-refractivity contribution is 9.10. The number of aromatic nitrogens is 1. The average molecular weight is 345 g/mol. The van der Waals surface area contributed by atoms with Gasteiger partial charge < -0.3 is 9.73 Å². The van der Waals surface area contributed by atoms with Gasteiger partial charge in [0.05, 0.1) is 22.3 Å². The number of rotatable bonds is 5. The molecule has 3 aromatic rings. The van der Waals surface area contributed by atoms with Crippen molar-refractivity contribution in [1.29, 1.82) is 0 Å². The minimum atomic E-state index is 0.0159. The van der Waals surface area contributed by atoms with Gasteiger partial charge in [0.25, 0.3) is 0 Å². The number of furan rings is 1. The molecule has 1 N–H and O–H groups in total. The first-order chi connectivity index (χ1) is 10.3. The van der Waals surface area contributed by atoms with Gasteiger partial charge in [-0.05, 0) is 52.7 Å². The van der Waals surface area contributed by atoms with E-state index in [9.17, 15) is 0 Å². The van der Waals surface area contributed by atoms with Crippen molar-refractivity contribution in [2.75, 3.05) is 6.54 Å². The van der Waals surface area contributed by atoms with E-state index in [4.69, 9.17) is 4.42 Å². The zero-order chi connectivity index (χ0) is 14.7. The number of fused-ring (bicyclic) bond motifs is 1. The lowest BCUT2D eigenvalue weighted by molar-refractivity contribution is 0.445. The van der Waals surface area contributed by atoms with Gasteiger partial charge in [-0.3, -0.25) is 4.98 Å². The van der Waals surface area contributed by atoms with Crippen LogP contribution in [-0.4, -0.2) is 11.5 Å². The van der Waals surface area contributed by atoms with Crippen molar-refractivity contribution in [2.45, 2.75) is 19.4 Å². The maximum absolute atomic E-state index is 5.70. The topological polar surface area (TPSA) is 38.1 Å². The predicted octanol–water partition coefficient (Wildman–Crippen LogP) is 4.68. The lowest BCUT2D eigenvalue weighted by Gasteiger charge is -2.19. The van der Waals surface area contributed by atoms with Crippen molar-refractivity contribution < 1.29 is 4.42 Å². The molecule has 2 heterocycles. The molecule has 0 saturated heterocycles. The van der Waals surface area contributed by atoms with E-state index in [1.165, 1.54) is 5.56 Å². The standard InChI is InChI=1S/C17H17BrN2O/c1-2-9-20-16(17-14(18)8-11-21-17)13-5-3-7-15-12(13)6-4-10-19-15/h3-8,10-11,16,20H,2,9H2,1H3. The Hall–Kier alpha value is -1.65. The number of nitrogens with zero attached hydrogens (tertiary/aromatic N) is 1. The fourth-order valence-corrected chi connectivity index (χ4v) is 2.95. The molecular weight excluding hydrogens is 328 g/mol. The lowest BCUT2D eigenvalue weighted by atomic mass is 9.99. The lowest BCUT2D eigenvalue weighted by Crippen LogP contribution is -2.23. The summed E-state index contributed by atoms with van der Waals surface area (Å²) in [4.78, 5) is 4.44. The first kappa shape index (κ1) is 14.3. The van der Waals surface area contributed by atoms with Gasteiger partial charge in [-0.15, -0.1) is 0 Å². The maximum atomic E-state index is 5.70. The van der Waals surface area contributed by atoms with E-state index in [1.54, 1.807) is 6.26 Å². The van der Waals surface area contributed by atoms with Crippen LogP contribution in [0.3, 0.4) is 0 Å². The van der Waals surface area contributed by atoms with Gasteiger partial charge in [-0.2, -0.15) is 0 Å². The summed E-state index contributed by atoms with van der Waals surface area (Å²) in [7, 11) is 0. The van der Waals surface area contributed by atoms with Crippen LogP contribution in [0.5, 0.6) is 0 Å². The zero-order valence-corrected chi connectivity index (χ0v) is 13.4. The van der Waals surface area contributed by atoms with Gasteiger partial charge in [-0.1, -0.05) is 25.1 Å². The molecule has 21 heavy (non-hydrogen) atoms. The Morgan fingerprint density at radius 3 is 2.90 bits per heavy atom. The third kappa shape index (κ3) is 2.87. The molecule has 0 amide bonds. The highest BCUT2D eigenvalue weighted by Crippen LogP contribution is 2.32. The van der Waals surface area contributed by atoms with E-state index in [2.05, 4.69) is 45.3 Å². The van der Waals surface area contributed by atoms with Crippen LogP contribution in [0.25, 0.3) is 10.9 Å². The van der Waals surface area contributed by atoms with Crippen molar-refractivity contribution >= 4 is 26.8 Å². The molecule has 0 aliphatic rings. The highest BCUT2D eigenvalue weighted by Gasteiger charge is 2.21. The second-order valence-electron chi connectivity index (χ2n) is 4.94. The second kappa shape index (κ2) is 6.41. The van der Waals surface area contributed by atoms with Gasteiger partial charge in [0.15, 0.2) is 0 Å². The number of nitrogens with one attached hydrogen (secondary N) is 1. The Kier molecular flexibility index (Phi) is 4.36. The maximum Gasteiger partial charge on any atom is 0.139 e. The predicted molar refractivity (Wildman–Crippen MR) is 88.3 cm³/mol. The molecule has 0 bridgehead atoms. The number of hydrogen-bond acceptors (Lipinski definition) is 3. The van der Waals surface area contributed by atoms with E-state index in [1.807, 2.05) is 30.5 Å². The number of hydrogen-bond donors (Lipinski definition) is 1. The van der Waals surface area contributed by atoms with Crippen LogP contribution < -0.4 is 5.32 Å². The van der Waals surface area contributed by atoms with E-state index in [0.717, 1.165) is 34.1 Å². The third-order valence-corrected chi connectivity index (χ3v) is 4.15. The summed E-state index contributed by atoms with van der Waals surface area (Å²) >= 11 is 3.57. The number of benzene rings is 1. The van der Waals surface area contributed by atoms with Gasteiger partial charge in [0.2, 0.25) is 0 Å². The summed E-state index contributed by atoms with van der Waals surface area (Å²) in [5, 5.41) is 4.72. The molecule has 1 aromatic carbocycles. The minimum absolute atomic E-state index is 0.0159. The molecule has 3 rings (SSSR count). The van der Waals surface area contributed by atoms with Crippen LogP contribution in [0, 0.1) is 0 Å². The SMILES string of the molecule is CCCNC(c1occc1Br)c1cccc2ncccc12. The fourth-order valence-electron chi connectivity index (χ4n) is 2.52. The Balaban J connectivity index is 2.12. The van der Waals surface area contributed by atoms with E-state index >= 15 is 0 Å². The van der Waals surface area contributed by atoms with Crippen molar-refractivity contribution in [1.82, 2.24) is 10.3 Å². The van der Waals surface area contributed by atoms with Gasteiger partial charge in [-0.25, -0.2) is 0 Å². The molecule has 0 fully saturated rings. The van der Waals surface area contributed by atoms with Gasteiger partial charge in [0.1, 0.15) is 5.76 Å². The van der Waals surface area contributed by atoms with Crippen molar-refractivity contribution in [3.05, 3.63) is 64.7 Å². The molecule has 3 nitrogen and oxygen atoms in total. The molecule has 0 aliphatic heterocycles. The van der Waals surface area contributed by atoms with E-state index in [0.29, 0.717) is 0 Å². The quantitative estimate of drug-likeness (QED) is 0.730. The molecule has 0 radical (unpaired) electrons. The Morgan fingerprint density at radius 2 is 2.14 bits per heavy atom.